The SMILES string of the molecule is CO.Nc1nc(=S)c2ncn(C3OCC(O)C(O)C3O)c2[nH]1. The summed E-state index contributed by atoms with van der Waals surface area (Å²) in [4.78, 5) is 10.8. The molecule has 2 aromatic rings. The van der Waals surface area contributed by atoms with Crippen LogP contribution >= 0.6 is 12.2 Å². The fourth-order valence-corrected chi connectivity index (χ4v) is 2.43. The Morgan fingerprint density at radius 1 is 1.36 bits per heavy atom. The molecular weight excluding hydrogens is 314 g/mol. The summed E-state index contributed by atoms with van der Waals surface area (Å²) < 4.78 is 7.04. The zero-order chi connectivity index (χ0) is 16.4. The van der Waals surface area contributed by atoms with Gasteiger partial charge in [-0.05, 0) is 0 Å². The number of hydrogen-bond donors (Lipinski definition) is 6. The van der Waals surface area contributed by atoms with Crippen LogP contribution in [-0.2, 0) is 4.74 Å². The van der Waals surface area contributed by atoms with Crippen molar-refractivity contribution < 1.29 is 25.2 Å². The van der Waals surface area contributed by atoms with Crippen molar-refractivity contribution >= 4 is 29.3 Å². The molecule has 3 rings (SSSR count). The number of hydrogen-bond acceptors (Lipinski definition) is 9. The molecule has 4 unspecified atom stereocenters. The van der Waals surface area contributed by atoms with Gasteiger partial charge in [0.15, 0.2) is 16.8 Å². The fraction of sp³-hybridized carbons (Fsp3) is 0.545. The minimum atomic E-state index is -1.31. The van der Waals surface area contributed by atoms with Gasteiger partial charge in [0.25, 0.3) is 0 Å². The number of nitrogens with one attached hydrogen (secondary N) is 1. The molecule has 1 fully saturated rings. The van der Waals surface area contributed by atoms with Gasteiger partial charge in [-0.15, -0.1) is 0 Å². The number of nitrogens with zero attached hydrogens (tertiary/aromatic N) is 3. The third-order valence-electron chi connectivity index (χ3n) is 3.21. The fourth-order valence-electron chi connectivity index (χ4n) is 2.18. The van der Waals surface area contributed by atoms with E-state index in [1.165, 1.54) is 10.9 Å². The average Bonchev–Trinajstić information content (AvgIpc) is 2.91. The number of imidazole rings is 1. The molecule has 22 heavy (non-hydrogen) atoms. The first-order valence-corrected chi connectivity index (χ1v) is 6.72. The van der Waals surface area contributed by atoms with E-state index in [1.807, 2.05) is 0 Å². The normalized spacial score (nSPS) is 28.2. The Balaban J connectivity index is 0.000000847. The van der Waals surface area contributed by atoms with Crippen molar-refractivity contribution in [2.24, 2.45) is 0 Å². The second-order valence-corrected chi connectivity index (χ2v) is 4.94. The van der Waals surface area contributed by atoms with Gasteiger partial charge >= 0.3 is 0 Å². The van der Waals surface area contributed by atoms with Crippen molar-refractivity contribution in [2.45, 2.75) is 24.5 Å². The molecule has 0 aliphatic carbocycles. The second-order valence-electron chi connectivity index (χ2n) is 4.55. The highest BCUT2D eigenvalue weighted by Gasteiger charge is 2.39. The molecule has 0 aromatic carbocycles. The lowest BCUT2D eigenvalue weighted by molar-refractivity contribution is -0.210. The van der Waals surface area contributed by atoms with E-state index in [4.69, 9.17) is 27.8 Å². The van der Waals surface area contributed by atoms with Crippen LogP contribution in [0.25, 0.3) is 11.2 Å². The number of fused-ring (bicyclic) bond motifs is 1. The molecule has 0 radical (unpaired) electrons. The van der Waals surface area contributed by atoms with Crippen LogP contribution in [0.2, 0.25) is 0 Å². The van der Waals surface area contributed by atoms with E-state index in [1.54, 1.807) is 0 Å². The molecular formula is C11H17N5O5S. The largest absolute Gasteiger partial charge is 0.400 e. The van der Waals surface area contributed by atoms with Crippen molar-refractivity contribution in [2.75, 3.05) is 19.5 Å². The lowest BCUT2D eigenvalue weighted by atomic mass is 10.0. The molecule has 1 aliphatic rings. The van der Waals surface area contributed by atoms with Gasteiger partial charge in [-0.1, -0.05) is 12.2 Å². The predicted octanol–water partition coefficient (Wildman–Crippen LogP) is -1.71. The Morgan fingerprint density at radius 3 is 2.73 bits per heavy atom. The van der Waals surface area contributed by atoms with Gasteiger partial charge in [0, 0.05) is 7.11 Å². The third kappa shape index (κ3) is 2.82. The highest BCUT2D eigenvalue weighted by Crippen LogP contribution is 2.27. The van der Waals surface area contributed by atoms with Crippen LogP contribution in [-0.4, -0.2) is 72.0 Å². The number of ether oxygens (including phenoxy) is 1. The summed E-state index contributed by atoms with van der Waals surface area (Å²) in [6.45, 7) is -0.107. The maximum Gasteiger partial charge on any atom is 0.200 e. The second kappa shape index (κ2) is 6.64. The van der Waals surface area contributed by atoms with Crippen molar-refractivity contribution in [1.82, 2.24) is 19.5 Å². The summed E-state index contributed by atoms with van der Waals surface area (Å²) in [6.07, 6.45) is -3.27. The molecule has 3 heterocycles. The van der Waals surface area contributed by atoms with Crippen LogP contribution in [0, 0.1) is 4.64 Å². The summed E-state index contributed by atoms with van der Waals surface area (Å²) in [5.41, 5.74) is 6.43. The predicted molar refractivity (Wildman–Crippen MR) is 78.3 cm³/mol. The van der Waals surface area contributed by atoms with Crippen LogP contribution in [0.1, 0.15) is 6.23 Å². The third-order valence-corrected chi connectivity index (χ3v) is 3.50. The quantitative estimate of drug-likeness (QED) is 0.334. The highest BCUT2D eigenvalue weighted by atomic mass is 32.1. The minimum absolute atomic E-state index is 0.107. The molecule has 0 bridgehead atoms. The molecule has 1 aliphatic heterocycles. The highest BCUT2D eigenvalue weighted by molar-refractivity contribution is 7.71. The molecule has 11 heteroatoms. The lowest BCUT2D eigenvalue weighted by Gasteiger charge is -2.35. The van der Waals surface area contributed by atoms with E-state index in [9.17, 15) is 15.3 Å². The van der Waals surface area contributed by atoms with Gasteiger partial charge in [-0.3, -0.25) is 4.57 Å². The van der Waals surface area contributed by atoms with Gasteiger partial charge in [0.05, 0.1) is 12.9 Å². The van der Waals surface area contributed by atoms with Gasteiger partial charge in [-0.25, -0.2) is 9.97 Å². The minimum Gasteiger partial charge on any atom is -0.400 e. The maximum absolute atomic E-state index is 10.0. The molecule has 0 saturated carbocycles. The summed E-state index contributed by atoms with van der Waals surface area (Å²) in [5, 5.41) is 36.2. The molecule has 10 nitrogen and oxygen atoms in total. The molecule has 0 spiro atoms. The number of anilines is 1. The number of nitrogen functional groups attached to an aromatic ring is 1. The zero-order valence-corrected chi connectivity index (χ0v) is 12.4. The first-order valence-electron chi connectivity index (χ1n) is 6.32. The monoisotopic (exact) mass is 331 g/mol. The molecule has 4 atom stereocenters. The molecule has 0 amide bonds. The van der Waals surface area contributed by atoms with Crippen LogP contribution in [0.4, 0.5) is 5.95 Å². The van der Waals surface area contributed by atoms with E-state index < -0.39 is 24.5 Å². The van der Waals surface area contributed by atoms with E-state index in [0.717, 1.165) is 7.11 Å². The summed E-state index contributed by atoms with van der Waals surface area (Å²) >= 11 is 5.05. The van der Waals surface area contributed by atoms with Crippen molar-refractivity contribution in [1.29, 1.82) is 0 Å². The molecule has 7 N–H and O–H groups in total. The van der Waals surface area contributed by atoms with E-state index in [0.29, 0.717) is 11.2 Å². The van der Waals surface area contributed by atoms with Gasteiger partial charge in [0.1, 0.15) is 29.5 Å². The topological polar surface area (TPSA) is 163 Å². The number of aromatic amines is 1. The number of aliphatic hydroxyl groups is 4. The number of aliphatic hydroxyl groups excluding tert-OH is 4. The van der Waals surface area contributed by atoms with Crippen LogP contribution in [0.5, 0.6) is 0 Å². The van der Waals surface area contributed by atoms with Crippen LogP contribution in [0.15, 0.2) is 6.33 Å². The maximum atomic E-state index is 10.0. The molecule has 122 valence electrons. The first kappa shape index (κ1) is 16.7. The number of H-pyrrole nitrogens is 1. The molecule has 2 aromatic heterocycles. The Morgan fingerprint density at radius 2 is 2.05 bits per heavy atom. The van der Waals surface area contributed by atoms with Crippen LogP contribution < -0.4 is 5.73 Å². The van der Waals surface area contributed by atoms with Crippen LogP contribution in [0.3, 0.4) is 0 Å². The van der Waals surface area contributed by atoms with Gasteiger partial charge < -0.3 is 35.9 Å². The number of nitrogens with two attached hydrogens (primary N) is 1. The Kier molecular flexibility index (Phi) is 5.05. The van der Waals surface area contributed by atoms with Gasteiger partial charge in [-0.2, -0.15) is 0 Å². The Hall–Kier alpha value is -1.63. The standard InChI is InChI=1S/C10H13N5O4S.CH4O/c11-10-13-7-4(8(20)14-10)12-2-15(7)9-6(18)5(17)3(16)1-19-9;1-2/h2-3,5-6,9,16-18H,1H2,(H3,11,13,14,20);2H,1H3. The zero-order valence-electron chi connectivity index (χ0n) is 11.6. The number of aromatic nitrogens is 4. The number of rotatable bonds is 1. The smallest absolute Gasteiger partial charge is 0.200 e. The summed E-state index contributed by atoms with van der Waals surface area (Å²) in [6, 6.07) is 0. The first-order chi connectivity index (χ1) is 10.5. The average molecular weight is 331 g/mol. The molecule has 1 saturated heterocycles. The van der Waals surface area contributed by atoms with Crippen molar-refractivity contribution in [3.05, 3.63) is 11.0 Å². The summed E-state index contributed by atoms with van der Waals surface area (Å²) in [5.74, 6) is 0.107. The van der Waals surface area contributed by atoms with E-state index in [2.05, 4.69) is 15.0 Å². The van der Waals surface area contributed by atoms with E-state index >= 15 is 0 Å². The Bertz CT molecular complexity index is 704. The lowest BCUT2D eigenvalue weighted by Crippen LogP contribution is -2.50. The van der Waals surface area contributed by atoms with E-state index in [-0.39, 0.29) is 17.2 Å². The van der Waals surface area contributed by atoms with Gasteiger partial charge in [0.2, 0.25) is 0 Å². The summed E-state index contributed by atoms with van der Waals surface area (Å²) in [7, 11) is 1.00. The van der Waals surface area contributed by atoms with Crippen molar-refractivity contribution in [3.8, 4) is 0 Å². The Labute approximate surface area is 129 Å². The van der Waals surface area contributed by atoms with Crippen molar-refractivity contribution in [3.63, 3.8) is 0 Å².